The molecule has 0 N–H and O–H groups in total. The van der Waals surface area contributed by atoms with Gasteiger partial charge in [0, 0.05) is 0 Å². The minimum Gasteiger partial charge on any atom is -0.321 e. The Balaban J connectivity index is 2.27. The van der Waals surface area contributed by atoms with E-state index in [1.54, 1.807) is 0 Å². The van der Waals surface area contributed by atoms with Crippen molar-refractivity contribution in [3.8, 4) is 6.07 Å². The fraction of sp³-hybridized carbons (Fsp3) is 0.800. The van der Waals surface area contributed by atoms with Gasteiger partial charge in [-0.25, -0.2) is 4.39 Å². The van der Waals surface area contributed by atoms with Gasteiger partial charge in [-0.3, -0.25) is 0 Å². The minimum atomic E-state index is -1.83. The summed E-state index contributed by atoms with van der Waals surface area (Å²) in [6, 6.07) is 2.13. The third-order valence-corrected chi connectivity index (χ3v) is 3.65. The second kappa shape index (κ2) is 5.10. The molecule has 5 heteroatoms. The summed E-state index contributed by atoms with van der Waals surface area (Å²) in [5, 5.41) is 9.31. The van der Waals surface area contributed by atoms with E-state index in [0.717, 1.165) is 12.8 Å². The van der Waals surface area contributed by atoms with E-state index in [9.17, 15) is 9.65 Å². The molecule has 0 aromatic carbocycles. The van der Waals surface area contributed by atoms with Gasteiger partial charge in [-0.05, 0) is 17.9 Å². The number of nitriles is 1. The Morgan fingerprint density at radius 2 is 2.00 bits per heavy atom. The average Bonchev–Trinajstić information content (AvgIpc) is 2.38. The monoisotopic (exact) mass is 283 g/mol. The normalized spacial score (nSPS) is 37.8. The van der Waals surface area contributed by atoms with E-state index in [2.05, 4.69) is 6.07 Å². The highest BCUT2D eigenvalue weighted by atomic mass is 19.1. The maximum atomic E-state index is 14.5. The smallest absolute Gasteiger partial charge is 0.321 e. The first-order chi connectivity index (χ1) is 9.27. The number of halogens is 1. The molecule has 0 radical (unpaired) electrons. The van der Waals surface area contributed by atoms with Crippen LogP contribution in [-0.2, 0) is 14.2 Å². The number of nitrogens with zero attached hydrogens (tertiary/aromatic N) is 1. The Morgan fingerprint density at radius 3 is 2.45 bits per heavy atom. The zero-order chi connectivity index (χ0) is 15.0. The molecule has 0 saturated carbocycles. The molecule has 3 aliphatic rings. The molecule has 112 valence electrons. The van der Waals surface area contributed by atoms with Gasteiger partial charge in [-0.1, -0.05) is 34.1 Å². The highest BCUT2D eigenvalue weighted by Crippen LogP contribution is 2.49. The van der Waals surface area contributed by atoms with Crippen LogP contribution in [0.4, 0.5) is 4.39 Å². The molecule has 3 rings (SSSR count). The van der Waals surface area contributed by atoms with Gasteiger partial charge in [0.15, 0.2) is 11.9 Å². The maximum absolute atomic E-state index is 14.5. The van der Waals surface area contributed by atoms with Crippen molar-refractivity contribution >= 4 is 0 Å². The lowest BCUT2D eigenvalue weighted by atomic mass is 9.78. The van der Waals surface area contributed by atoms with E-state index in [-0.39, 0.29) is 18.6 Å². The predicted octanol–water partition coefficient (Wildman–Crippen LogP) is 3.30. The molecule has 1 atom stereocenters. The highest BCUT2D eigenvalue weighted by Gasteiger charge is 2.60. The topological polar surface area (TPSA) is 51.5 Å². The van der Waals surface area contributed by atoms with Crippen molar-refractivity contribution in [2.24, 2.45) is 10.8 Å². The number of fused-ring (bicyclic) bond motifs is 3. The van der Waals surface area contributed by atoms with E-state index < -0.39 is 23.3 Å². The Hall–Kier alpha value is -0.960. The molecule has 3 saturated heterocycles. The van der Waals surface area contributed by atoms with Crippen LogP contribution in [0, 0.1) is 22.2 Å². The molecular formula is C15H22FNO3. The Labute approximate surface area is 119 Å². The summed E-state index contributed by atoms with van der Waals surface area (Å²) >= 11 is 0. The molecule has 3 aliphatic heterocycles. The fourth-order valence-electron chi connectivity index (χ4n) is 2.66. The van der Waals surface area contributed by atoms with Crippen molar-refractivity contribution < 1.29 is 18.6 Å². The second-order valence-electron chi connectivity index (χ2n) is 6.73. The largest absolute Gasteiger partial charge is 0.340 e. The lowest BCUT2D eigenvalue weighted by Crippen LogP contribution is -2.64. The SMILES string of the molecule is CCCC12COC(C(F)=CC(C)(C)C)(OC1)OC2C#N. The quantitative estimate of drug-likeness (QED) is 0.797. The molecule has 0 aromatic rings. The van der Waals surface area contributed by atoms with Crippen molar-refractivity contribution in [3.05, 3.63) is 11.9 Å². The summed E-state index contributed by atoms with van der Waals surface area (Å²) in [6.45, 7) is 8.21. The van der Waals surface area contributed by atoms with Crippen LogP contribution in [0.25, 0.3) is 0 Å². The maximum Gasteiger partial charge on any atom is 0.340 e. The van der Waals surface area contributed by atoms with Crippen LogP contribution in [0.15, 0.2) is 11.9 Å². The second-order valence-corrected chi connectivity index (χ2v) is 6.73. The first-order valence-corrected chi connectivity index (χ1v) is 7.01. The van der Waals surface area contributed by atoms with Gasteiger partial charge < -0.3 is 14.2 Å². The number of rotatable bonds is 3. The van der Waals surface area contributed by atoms with Crippen LogP contribution in [-0.4, -0.2) is 25.3 Å². The van der Waals surface area contributed by atoms with E-state index in [1.165, 1.54) is 6.08 Å². The summed E-state index contributed by atoms with van der Waals surface area (Å²) in [5.41, 5.74) is -0.848. The van der Waals surface area contributed by atoms with Gasteiger partial charge in [0.25, 0.3) is 0 Å². The zero-order valence-electron chi connectivity index (χ0n) is 12.5. The molecule has 0 aliphatic carbocycles. The first kappa shape index (κ1) is 15.4. The average molecular weight is 283 g/mol. The van der Waals surface area contributed by atoms with E-state index in [0.29, 0.717) is 0 Å². The lowest BCUT2D eigenvalue weighted by molar-refractivity contribution is -0.468. The number of allylic oxidation sites excluding steroid dienone is 1. The fourth-order valence-corrected chi connectivity index (χ4v) is 2.66. The summed E-state index contributed by atoms with van der Waals surface area (Å²) in [4.78, 5) is 0. The molecule has 0 amide bonds. The van der Waals surface area contributed by atoms with Crippen LogP contribution >= 0.6 is 0 Å². The molecule has 0 aromatic heterocycles. The predicted molar refractivity (Wildman–Crippen MR) is 71.1 cm³/mol. The van der Waals surface area contributed by atoms with Gasteiger partial charge >= 0.3 is 5.97 Å². The number of ether oxygens (including phenoxy) is 3. The van der Waals surface area contributed by atoms with Crippen molar-refractivity contribution in [1.29, 1.82) is 5.26 Å². The van der Waals surface area contributed by atoms with Gasteiger partial charge in [0.2, 0.25) is 0 Å². The summed E-state index contributed by atoms with van der Waals surface area (Å²) in [7, 11) is 0. The van der Waals surface area contributed by atoms with Gasteiger partial charge in [-0.15, -0.1) is 0 Å². The van der Waals surface area contributed by atoms with Crippen LogP contribution < -0.4 is 0 Å². The van der Waals surface area contributed by atoms with Crippen molar-refractivity contribution in [2.45, 2.75) is 52.6 Å². The van der Waals surface area contributed by atoms with E-state index in [4.69, 9.17) is 14.2 Å². The Kier molecular flexibility index (Phi) is 3.94. The van der Waals surface area contributed by atoms with Crippen LogP contribution in [0.3, 0.4) is 0 Å². The summed E-state index contributed by atoms with van der Waals surface area (Å²) < 4.78 is 31.0. The highest BCUT2D eigenvalue weighted by molar-refractivity contribution is 5.14. The lowest BCUT2D eigenvalue weighted by Gasteiger charge is -2.53. The van der Waals surface area contributed by atoms with E-state index >= 15 is 0 Å². The molecule has 3 heterocycles. The van der Waals surface area contributed by atoms with Crippen molar-refractivity contribution in [1.82, 2.24) is 0 Å². The first-order valence-electron chi connectivity index (χ1n) is 7.01. The molecule has 4 nitrogen and oxygen atoms in total. The van der Waals surface area contributed by atoms with Crippen LogP contribution in [0.5, 0.6) is 0 Å². The number of hydrogen-bond acceptors (Lipinski definition) is 4. The zero-order valence-corrected chi connectivity index (χ0v) is 12.5. The minimum absolute atomic E-state index is 0.282. The summed E-state index contributed by atoms with van der Waals surface area (Å²) in [6.07, 6.45) is 2.36. The standard InChI is InChI=1S/C15H22FNO3/c1-5-6-14-9-18-15(19-10-14,20-12(14)8-17)11(16)7-13(2,3)4/h7,12H,5-6,9-10H2,1-4H3. The molecule has 20 heavy (non-hydrogen) atoms. The molecule has 1 unspecified atom stereocenters. The molecule has 0 spiro atoms. The van der Waals surface area contributed by atoms with Crippen molar-refractivity contribution in [3.63, 3.8) is 0 Å². The third-order valence-electron chi connectivity index (χ3n) is 3.65. The molecular weight excluding hydrogens is 261 g/mol. The van der Waals surface area contributed by atoms with Gasteiger partial charge in [0.05, 0.1) is 24.7 Å². The van der Waals surface area contributed by atoms with E-state index in [1.807, 2.05) is 27.7 Å². The van der Waals surface area contributed by atoms with Crippen molar-refractivity contribution in [2.75, 3.05) is 13.2 Å². The number of hydrogen-bond donors (Lipinski definition) is 0. The Bertz CT molecular complexity index is 439. The Morgan fingerprint density at radius 1 is 1.40 bits per heavy atom. The third kappa shape index (κ3) is 2.60. The van der Waals surface area contributed by atoms with Gasteiger partial charge in [0.1, 0.15) is 0 Å². The molecule has 2 bridgehead atoms. The van der Waals surface area contributed by atoms with Crippen LogP contribution in [0.1, 0.15) is 40.5 Å². The summed E-state index contributed by atoms with van der Waals surface area (Å²) in [5.74, 6) is -2.45. The van der Waals surface area contributed by atoms with Gasteiger partial charge in [-0.2, -0.15) is 5.26 Å². The molecule has 3 fully saturated rings. The van der Waals surface area contributed by atoms with Crippen LogP contribution in [0.2, 0.25) is 0 Å².